The van der Waals surface area contributed by atoms with Crippen LogP contribution in [0.2, 0.25) is 0 Å². The monoisotopic (exact) mass is 377 g/mol. The Balaban J connectivity index is 1.58. The van der Waals surface area contributed by atoms with Gasteiger partial charge in [-0.05, 0) is 41.6 Å². The van der Waals surface area contributed by atoms with Crippen LogP contribution in [0.25, 0.3) is 5.57 Å². The minimum Gasteiger partial charge on any atom is -0.313 e. The van der Waals surface area contributed by atoms with E-state index < -0.39 is 10.2 Å². The number of hydrogen-bond donors (Lipinski definition) is 2. The van der Waals surface area contributed by atoms with E-state index in [1.807, 2.05) is 12.1 Å². The highest BCUT2D eigenvalue weighted by Crippen LogP contribution is 2.30. The van der Waals surface area contributed by atoms with Crippen LogP contribution >= 0.6 is 11.5 Å². The summed E-state index contributed by atoms with van der Waals surface area (Å²) >= 11 is 1.03. The van der Waals surface area contributed by atoms with Crippen molar-refractivity contribution in [2.24, 2.45) is 0 Å². The molecule has 25 heavy (non-hydrogen) atoms. The van der Waals surface area contributed by atoms with Crippen molar-refractivity contribution >= 4 is 32.4 Å². The lowest BCUT2D eigenvalue weighted by Gasteiger charge is -2.30. The largest absolute Gasteiger partial charge is 0.313 e. The van der Waals surface area contributed by atoms with E-state index in [0.717, 1.165) is 36.6 Å². The van der Waals surface area contributed by atoms with Crippen LogP contribution in [-0.2, 0) is 23.2 Å². The SMILES string of the molecule is O=S(=O)(Nc1ncns1)N1CCc2c(cccc2C2=CCNCC2)C1. The lowest BCUT2D eigenvalue weighted by Crippen LogP contribution is -2.39. The Bertz CT molecular complexity index is 893. The first kappa shape index (κ1) is 16.6. The highest BCUT2D eigenvalue weighted by Gasteiger charge is 2.29. The van der Waals surface area contributed by atoms with Crippen molar-refractivity contribution in [3.05, 3.63) is 47.3 Å². The van der Waals surface area contributed by atoms with E-state index in [1.54, 1.807) is 0 Å². The van der Waals surface area contributed by atoms with Gasteiger partial charge >= 0.3 is 10.2 Å². The van der Waals surface area contributed by atoms with Gasteiger partial charge in [-0.3, -0.25) is 0 Å². The molecule has 1 aromatic heterocycles. The number of fused-ring (bicyclic) bond motifs is 1. The van der Waals surface area contributed by atoms with E-state index in [2.05, 4.69) is 31.5 Å². The first-order valence-electron chi connectivity index (χ1n) is 8.19. The van der Waals surface area contributed by atoms with Crippen LogP contribution in [-0.4, -0.2) is 41.7 Å². The maximum Gasteiger partial charge on any atom is 0.303 e. The maximum atomic E-state index is 12.6. The second-order valence-corrected chi connectivity index (χ2v) is 8.51. The molecule has 0 saturated heterocycles. The molecule has 2 N–H and O–H groups in total. The zero-order valence-corrected chi connectivity index (χ0v) is 15.2. The molecule has 7 nitrogen and oxygen atoms in total. The number of anilines is 1. The number of benzene rings is 1. The molecule has 0 amide bonds. The van der Waals surface area contributed by atoms with Crippen molar-refractivity contribution in [1.82, 2.24) is 19.0 Å². The van der Waals surface area contributed by atoms with Crippen molar-refractivity contribution < 1.29 is 8.42 Å². The van der Waals surface area contributed by atoms with E-state index in [4.69, 9.17) is 0 Å². The molecular weight excluding hydrogens is 358 g/mol. The summed E-state index contributed by atoms with van der Waals surface area (Å²) in [5.74, 6) is 0. The molecule has 2 aliphatic rings. The van der Waals surface area contributed by atoms with Gasteiger partial charge in [0.15, 0.2) is 0 Å². The Morgan fingerprint density at radius 1 is 1.28 bits per heavy atom. The lowest BCUT2D eigenvalue weighted by atomic mass is 9.89. The van der Waals surface area contributed by atoms with E-state index in [1.165, 1.54) is 27.3 Å². The molecule has 9 heteroatoms. The summed E-state index contributed by atoms with van der Waals surface area (Å²) in [4.78, 5) is 3.89. The zero-order valence-electron chi connectivity index (χ0n) is 13.6. The van der Waals surface area contributed by atoms with Crippen molar-refractivity contribution in [3.63, 3.8) is 0 Å². The number of rotatable bonds is 4. The van der Waals surface area contributed by atoms with Crippen molar-refractivity contribution in [3.8, 4) is 0 Å². The van der Waals surface area contributed by atoms with Gasteiger partial charge in [-0.15, -0.1) is 0 Å². The third kappa shape index (κ3) is 3.45. The fraction of sp³-hybridized carbons (Fsp3) is 0.375. The van der Waals surface area contributed by atoms with Crippen LogP contribution in [0.4, 0.5) is 5.13 Å². The maximum absolute atomic E-state index is 12.6. The molecular formula is C16H19N5O2S2. The highest BCUT2D eigenvalue weighted by atomic mass is 32.2. The summed E-state index contributed by atoms with van der Waals surface area (Å²) in [7, 11) is -3.62. The second-order valence-electron chi connectivity index (χ2n) is 6.06. The molecule has 0 aliphatic carbocycles. The van der Waals surface area contributed by atoms with Gasteiger partial charge in [-0.1, -0.05) is 24.3 Å². The van der Waals surface area contributed by atoms with Gasteiger partial charge in [0.25, 0.3) is 0 Å². The Morgan fingerprint density at radius 3 is 2.96 bits per heavy atom. The fourth-order valence-corrected chi connectivity index (χ4v) is 5.15. The van der Waals surface area contributed by atoms with E-state index in [0.29, 0.717) is 24.6 Å². The molecule has 0 fully saturated rings. The summed E-state index contributed by atoms with van der Waals surface area (Å²) in [6.07, 6.45) is 5.30. The summed E-state index contributed by atoms with van der Waals surface area (Å²) in [6, 6.07) is 6.19. The summed E-state index contributed by atoms with van der Waals surface area (Å²) < 4.78 is 33.0. The van der Waals surface area contributed by atoms with Crippen LogP contribution < -0.4 is 10.0 Å². The summed E-state index contributed by atoms with van der Waals surface area (Å²) in [5.41, 5.74) is 4.98. The molecule has 0 bridgehead atoms. The Labute approximate surface area is 151 Å². The van der Waals surface area contributed by atoms with Crippen LogP contribution in [0.1, 0.15) is 23.1 Å². The Hall–Kier alpha value is -1.81. The first-order valence-corrected chi connectivity index (χ1v) is 10.4. The molecule has 3 heterocycles. The normalized spacial score (nSPS) is 18.5. The van der Waals surface area contributed by atoms with E-state index >= 15 is 0 Å². The van der Waals surface area contributed by atoms with Crippen LogP contribution in [0.3, 0.4) is 0 Å². The summed E-state index contributed by atoms with van der Waals surface area (Å²) in [6.45, 7) is 2.72. The number of nitrogens with zero attached hydrogens (tertiary/aromatic N) is 3. The third-order valence-electron chi connectivity index (χ3n) is 4.56. The van der Waals surface area contributed by atoms with Gasteiger partial charge in [0.2, 0.25) is 5.13 Å². The molecule has 2 aliphatic heterocycles. The molecule has 0 atom stereocenters. The second kappa shape index (κ2) is 6.83. The average molecular weight is 377 g/mol. The van der Waals surface area contributed by atoms with Gasteiger partial charge < -0.3 is 5.32 Å². The van der Waals surface area contributed by atoms with Gasteiger partial charge in [0, 0.05) is 31.2 Å². The van der Waals surface area contributed by atoms with Crippen molar-refractivity contribution in [1.29, 1.82) is 0 Å². The minimum atomic E-state index is -3.62. The van der Waals surface area contributed by atoms with Gasteiger partial charge in [-0.2, -0.15) is 17.1 Å². The molecule has 0 spiro atoms. The van der Waals surface area contributed by atoms with Gasteiger partial charge in [0.05, 0.1) is 0 Å². The van der Waals surface area contributed by atoms with Crippen LogP contribution in [0, 0.1) is 0 Å². The van der Waals surface area contributed by atoms with Gasteiger partial charge in [-0.25, -0.2) is 9.71 Å². The molecule has 2 aromatic rings. The van der Waals surface area contributed by atoms with Crippen LogP contribution in [0.5, 0.6) is 0 Å². The van der Waals surface area contributed by atoms with E-state index in [-0.39, 0.29) is 0 Å². The first-order chi connectivity index (χ1) is 12.1. The topological polar surface area (TPSA) is 87.2 Å². The smallest absolute Gasteiger partial charge is 0.303 e. The van der Waals surface area contributed by atoms with Crippen LogP contribution in [0.15, 0.2) is 30.6 Å². The average Bonchev–Trinajstić information content (AvgIpc) is 3.14. The van der Waals surface area contributed by atoms with E-state index in [9.17, 15) is 8.42 Å². The quantitative estimate of drug-likeness (QED) is 0.846. The molecule has 0 saturated carbocycles. The third-order valence-corrected chi connectivity index (χ3v) is 6.71. The Kier molecular flexibility index (Phi) is 4.55. The van der Waals surface area contributed by atoms with Crippen molar-refractivity contribution in [2.45, 2.75) is 19.4 Å². The highest BCUT2D eigenvalue weighted by molar-refractivity contribution is 7.90. The number of aromatic nitrogens is 2. The number of nitrogens with one attached hydrogen (secondary N) is 2. The predicted molar refractivity (Wildman–Crippen MR) is 98.5 cm³/mol. The molecule has 132 valence electrons. The molecule has 1 aromatic carbocycles. The zero-order chi connectivity index (χ0) is 17.3. The fourth-order valence-electron chi connectivity index (χ4n) is 3.35. The number of hydrogen-bond acceptors (Lipinski definition) is 6. The minimum absolute atomic E-state index is 0.291. The molecule has 4 rings (SSSR count). The van der Waals surface area contributed by atoms with Gasteiger partial charge in [0.1, 0.15) is 6.33 Å². The van der Waals surface area contributed by atoms with Crippen molar-refractivity contribution in [2.75, 3.05) is 24.4 Å². The lowest BCUT2D eigenvalue weighted by molar-refractivity contribution is 0.394. The predicted octanol–water partition coefficient (Wildman–Crippen LogP) is 1.63. The Morgan fingerprint density at radius 2 is 2.20 bits per heavy atom. The summed E-state index contributed by atoms with van der Waals surface area (Å²) in [5, 5.41) is 3.62. The molecule has 0 radical (unpaired) electrons. The molecule has 0 unspecified atom stereocenters. The standard InChI is InChI=1S/C16H19N5O2S2/c22-25(23,20-16-18-11-19-24-16)21-9-6-15-13(10-21)2-1-3-14(15)12-4-7-17-8-5-12/h1-4,11,17H,5-10H2,(H,18,19,20).